The molecule has 1 aromatic heterocycles. The van der Waals surface area contributed by atoms with Gasteiger partial charge in [-0.15, -0.1) is 34.4 Å². The second-order valence-corrected chi connectivity index (χ2v) is 12.4. The molecule has 0 saturated carbocycles. The number of hydrogen-bond donors (Lipinski definition) is 2. The maximum absolute atomic E-state index is 9.54. The van der Waals surface area contributed by atoms with Gasteiger partial charge in [-0.1, -0.05) is 85.6 Å². The summed E-state index contributed by atoms with van der Waals surface area (Å²) in [6, 6.07) is 14.8. The molecule has 2 unspecified atom stereocenters. The second-order valence-electron chi connectivity index (χ2n) is 12.4. The average Bonchev–Trinajstić information content (AvgIpc) is 2.77. The monoisotopic (exact) mass is 695 g/mol. The van der Waals surface area contributed by atoms with Crippen molar-refractivity contribution < 1.29 is 30.3 Å². The minimum atomic E-state index is -0.339. The molecule has 0 bridgehead atoms. The van der Waals surface area contributed by atoms with Gasteiger partial charge in [0.1, 0.15) is 0 Å². The summed E-state index contributed by atoms with van der Waals surface area (Å²) < 4.78 is 0. The fraction of sp³-hybridized carbons (Fsp3) is 0.559. The fourth-order valence-corrected chi connectivity index (χ4v) is 5.62. The van der Waals surface area contributed by atoms with Crippen molar-refractivity contribution >= 4 is 10.9 Å². The van der Waals surface area contributed by atoms with E-state index in [-0.39, 0.29) is 32.3 Å². The third kappa shape index (κ3) is 8.98. The van der Waals surface area contributed by atoms with Gasteiger partial charge in [0.2, 0.25) is 0 Å². The molecule has 2 N–H and O–H groups in total. The van der Waals surface area contributed by atoms with Crippen molar-refractivity contribution in [1.29, 1.82) is 0 Å². The molecule has 4 heteroatoms. The summed E-state index contributed by atoms with van der Waals surface area (Å²) in [4.78, 5) is 5.08. The minimum absolute atomic E-state index is 0. The van der Waals surface area contributed by atoms with E-state index in [0.29, 0.717) is 24.2 Å². The van der Waals surface area contributed by atoms with E-state index in [1.54, 1.807) is 0 Å². The number of aliphatic hydroxyl groups excluding tert-OH is 2. The Morgan fingerprint density at radius 2 is 1.47 bits per heavy atom. The topological polar surface area (TPSA) is 53.4 Å². The van der Waals surface area contributed by atoms with Crippen LogP contribution in [0.4, 0.5) is 0 Å². The van der Waals surface area contributed by atoms with E-state index < -0.39 is 0 Å². The predicted octanol–water partition coefficient (Wildman–Crippen LogP) is 7.80. The van der Waals surface area contributed by atoms with E-state index in [2.05, 4.69) is 91.8 Å². The van der Waals surface area contributed by atoms with Crippen LogP contribution in [0.2, 0.25) is 0 Å². The molecule has 2 aromatic carbocycles. The molecular formula is C34H48IrNO2-. The quantitative estimate of drug-likeness (QED) is 0.237. The van der Waals surface area contributed by atoms with E-state index in [1.807, 2.05) is 0 Å². The summed E-state index contributed by atoms with van der Waals surface area (Å²) in [6.07, 6.45) is 4.71. The largest absolute Gasteiger partial charge is 0.393 e. The van der Waals surface area contributed by atoms with Gasteiger partial charge in [0, 0.05) is 25.5 Å². The molecule has 3 nitrogen and oxygen atoms in total. The molecule has 0 fully saturated rings. The van der Waals surface area contributed by atoms with Crippen LogP contribution in [0.1, 0.15) is 88.6 Å². The van der Waals surface area contributed by atoms with Crippen LogP contribution in [0.5, 0.6) is 0 Å². The molecule has 1 aliphatic carbocycles. The molecule has 3 aromatic rings. The van der Waals surface area contributed by atoms with Gasteiger partial charge in [-0.3, -0.25) is 4.98 Å². The van der Waals surface area contributed by atoms with Crippen molar-refractivity contribution in [3.05, 3.63) is 64.2 Å². The van der Waals surface area contributed by atoms with Crippen LogP contribution in [-0.2, 0) is 39.4 Å². The normalized spacial score (nSPS) is 14.0. The standard InChI is InChI=1S/C23H24N.C11H24O2.Ir/c1-14(2)10-17-6-5-7-22-20(17)13-18-8-9-19-16(4)11-15(3)12-21(19)23(18)24-22;1-8(2)5-10(12)7-11(13)6-9(3)4;/h5-7,11,13-14H,8-10H2,1-4H3;8-13H,5-7H2,1-4H3;/q-1;;. The summed E-state index contributed by atoms with van der Waals surface area (Å²) in [6.45, 7) is 17.2. The van der Waals surface area contributed by atoms with Gasteiger partial charge in [0.05, 0.1) is 17.7 Å². The third-order valence-electron chi connectivity index (χ3n) is 7.10. The predicted molar refractivity (Wildman–Crippen MR) is 157 cm³/mol. The Bertz CT molecular complexity index is 1170. The summed E-state index contributed by atoms with van der Waals surface area (Å²) in [5.41, 5.74) is 10.3. The van der Waals surface area contributed by atoms with E-state index in [4.69, 9.17) is 4.98 Å². The van der Waals surface area contributed by atoms with Crippen molar-refractivity contribution in [3.8, 4) is 11.3 Å². The Labute approximate surface area is 244 Å². The van der Waals surface area contributed by atoms with E-state index >= 15 is 0 Å². The van der Waals surface area contributed by atoms with Crippen molar-refractivity contribution in [1.82, 2.24) is 4.98 Å². The van der Waals surface area contributed by atoms with Crippen LogP contribution in [0.3, 0.4) is 0 Å². The zero-order valence-electron chi connectivity index (χ0n) is 24.7. The number of aromatic nitrogens is 1. The first-order chi connectivity index (χ1) is 17.4. The molecule has 211 valence electrons. The summed E-state index contributed by atoms with van der Waals surface area (Å²) >= 11 is 0. The van der Waals surface area contributed by atoms with Crippen LogP contribution >= 0.6 is 0 Å². The summed E-state index contributed by atoms with van der Waals surface area (Å²) in [5.74, 6) is 1.66. The van der Waals surface area contributed by atoms with Crippen molar-refractivity contribution in [3.63, 3.8) is 0 Å². The maximum Gasteiger partial charge on any atom is 0.0598 e. The minimum Gasteiger partial charge on any atom is -0.393 e. The Morgan fingerprint density at radius 1 is 0.842 bits per heavy atom. The number of benzene rings is 2. The van der Waals surface area contributed by atoms with Gasteiger partial charge in [0.15, 0.2) is 0 Å². The maximum atomic E-state index is 9.54. The molecule has 2 atom stereocenters. The number of aryl methyl sites for hydroxylation is 3. The Kier molecular flexibility index (Phi) is 12.6. The molecular weight excluding hydrogens is 647 g/mol. The van der Waals surface area contributed by atoms with Crippen LogP contribution in [-0.4, -0.2) is 27.4 Å². The Balaban J connectivity index is 0.000000313. The van der Waals surface area contributed by atoms with Crippen LogP contribution in [0, 0.1) is 37.7 Å². The zero-order chi connectivity index (χ0) is 27.3. The van der Waals surface area contributed by atoms with Crippen molar-refractivity contribution in [2.45, 2.75) is 106 Å². The molecule has 1 radical (unpaired) electrons. The number of nitrogens with zero attached hydrogens (tertiary/aromatic N) is 1. The first-order valence-electron chi connectivity index (χ1n) is 14.2. The molecule has 0 spiro atoms. The van der Waals surface area contributed by atoms with Gasteiger partial charge in [-0.2, -0.15) is 0 Å². The van der Waals surface area contributed by atoms with E-state index in [0.717, 1.165) is 43.3 Å². The number of pyridine rings is 1. The Hall–Kier alpha value is -1.58. The molecule has 1 heterocycles. The van der Waals surface area contributed by atoms with Gasteiger partial charge in [-0.25, -0.2) is 0 Å². The fourth-order valence-electron chi connectivity index (χ4n) is 5.62. The summed E-state index contributed by atoms with van der Waals surface area (Å²) in [7, 11) is 0. The number of rotatable bonds is 8. The van der Waals surface area contributed by atoms with Crippen molar-refractivity contribution in [2.75, 3.05) is 0 Å². The van der Waals surface area contributed by atoms with E-state index in [9.17, 15) is 10.2 Å². The average molecular weight is 695 g/mol. The first-order valence-corrected chi connectivity index (χ1v) is 14.2. The van der Waals surface area contributed by atoms with Crippen LogP contribution in [0.25, 0.3) is 22.2 Å². The first kappa shape index (κ1) is 32.6. The van der Waals surface area contributed by atoms with Crippen molar-refractivity contribution in [2.24, 2.45) is 17.8 Å². The smallest absolute Gasteiger partial charge is 0.0598 e. The molecule has 0 aliphatic heterocycles. The van der Waals surface area contributed by atoms with Crippen LogP contribution < -0.4 is 0 Å². The molecule has 38 heavy (non-hydrogen) atoms. The Morgan fingerprint density at radius 3 is 2.05 bits per heavy atom. The molecule has 1 aliphatic rings. The van der Waals surface area contributed by atoms with Gasteiger partial charge in [0.25, 0.3) is 0 Å². The second kappa shape index (κ2) is 14.7. The number of fused-ring (bicyclic) bond motifs is 4. The number of hydrogen-bond acceptors (Lipinski definition) is 3. The van der Waals surface area contributed by atoms with Gasteiger partial charge in [-0.05, 0) is 67.2 Å². The zero-order valence-corrected chi connectivity index (χ0v) is 27.1. The summed E-state index contributed by atoms with van der Waals surface area (Å²) in [5, 5.41) is 20.4. The molecule has 0 amide bonds. The van der Waals surface area contributed by atoms with Crippen LogP contribution in [0.15, 0.2) is 30.3 Å². The van der Waals surface area contributed by atoms with Gasteiger partial charge >= 0.3 is 0 Å². The molecule has 0 saturated heterocycles. The SMILES string of the molecule is CC(C)CC(O)CC(O)CC(C)C.Cc1[c-]c2c(c(C)c1)CCc1cc3c(CC(C)C)cccc3nc1-2.[Ir]. The number of aliphatic hydroxyl groups is 2. The molecule has 4 rings (SSSR count). The van der Waals surface area contributed by atoms with E-state index in [1.165, 1.54) is 38.8 Å². The van der Waals surface area contributed by atoms with Gasteiger partial charge < -0.3 is 10.2 Å². The third-order valence-corrected chi connectivity index (χ3v) is 7.10.